The molecule has 0 spiro atoms. The van der Waals surface area contributed by atoms with E-state index in [9.17, 15) is 9.90 Å². The van der Waals surface area contributed by atoms with Gasteiger partial charge in [-0.2, -0.15) is 10.1 Å². The standard InChI is InChI=1S/C15H14N4O2/c20-10-4-1-3-9(7-10)14-13-11(5-2-6-12(13)21)18-15-16-8-17-19(14)15/h1,3-4,7-8,14,20H,2,5-6H2,(H,16,17,18). The molecule has 0 fully saturated rings. The summed E-state index contributed by atoms with van der Waals surface area (Å²) in [6.45, 7) is 0. The second-order valence-electron chi connectivity index (χ2n) is 5.32. The number of carbonyl (C=O) groups is 1. The molecule has 1 aliphatic carbocycles. The van der Waals surface area contributed by atoms with Crippen molar-refractivity contribution in [1.82, 2.24) is 14.8 Å². The lowest BCUT2D eigenvalue weighted by Gasteiger charge is -2.32. The summed E-state index contributed by atoms with van der Waals surface area (Å²) in [5.74, 6) is 0.952. The highest BCUT2D eigenvalue weighted by Crippen LogP contribution is 2.39. The van der Waals surface area contributed by atoms with E-state index in [1.807, 2.05) is 6.07 Å². The highest BCUT2D eigenvalue weighted by atomic mass is 16.3. The van der Waals surface area contributed by atoms with Crippen molar-refractivity contribution in [2.24, 2.45) is 0 Å². The lowest BCUT2D eigenvalue weighted by Crippen LogP contribution is -2.31. The number of aromatic hydroxyl groups is 1. The van der Waals surface area contributed by atoms with E-state index in [4.69, 9.17) is 0 Å². The van der Waals surface area contributed by atoms with Crippen LogP contribution in [-0.4, -0.2) is 25.7 Å². The number of phenolic OH excluding ortho intramolecular Hbond substituents is 1. The summed E-state index contributed by atoms with van der Waals surface area (Å²) in [6.07, 6.45) is 3.72. The van der Waals surface area contributed by atoms with Crippen LogP contribution < -0.4 is 5.32 Å². The van der Waals surface area contributed by atoms with Crippen molar-refractivity contribution in [3.05, 3.63) is 47.4 Å². The molecule has 6 nitrogen and oxygen atoms in total. The number of allylic oxidation sites excluding steroid dienone is 2. The van der Waals surface area contributed by atoms with Gasteiger partial charge in [-0.3, -0.25) is 4.79 Å². The average molecular weight is 282 g/mol. The normalized spacial score (nSPS) is 20.8. The second-order valence-corrected chi connectivity index (χ2v) is 5.32. The summed E-state index contributed by atoms with van der Waals surface area (Å²) in [7, 11) is 0. The molecule has 2 N–H and O–H groups in total. The van der Waals surface area contributed by atoms with E-state index in [1.165, 1.54) is 6.33 Å². The van der Waals surface area contributed by atoms with Gasteiger partial charge in [0.15, 0.2) is 5.78 Å². The first kappa shape index (κ1) is 12.1. The van der Waals surface area contributed by atoms with Crippen molar-refractivity contribution in [2.75, 3.05) is 5.32 Å². The van der Waals surface area contributed by atoms with Gasteiger partial charge in [0.1, 0.15) is 18.1 Å². The Balaban J connectivity index is 1.93. The highest BCUT2D eigenvalue weighted by molar-refractivity contribution is 5.99. The van der Waals surface area contributed by atoms with Gasteiger partial charge >= 0.3 is 0 Å². The molecule has 106 valence electrons. The van der Waals surface area contributed by atoms with E-state index >= 15 is 0 Å². The molecule has 1 unspecified atom stereocenters. The van der Waals surface area contributed by atoms with Crippen LogP contribution in [0.25, 0.3) is 0 Å². The topological polar surface area (TPSA) is 80.0 Å². The van der Waals surface area contributed by atoms with Crippen LogP contribution in [0.4, 0.5) is 5.95 Å². The third-order valence-electron chi connectivity index (χ3n) is 4.00. The van der Waals surface area contributed by atoms with E-state index in [2.05, 4.69) is 15.4 Å². The molecule has 2 aromatic rings. The SMILES string of the molecule is O=C1CCCC2=C1C(c1cccc(O)c1)n1ncnc1N2. The number of hydrogen-bond acceptors (Lipinski definition) is 5. The molecule has 1 atom stereocenters. The number of nitrogens with one attached hydrogen (secondary N) is 1. The fourth-order valence-electron chi connectivity index (χ4n) is 3.10. The Bertz CT molecular complexity index is 763. The van der Waals surface area contributed by atoms with Crippen LogP contribution in [-0.2, 0) is 4.79 Å². The van der Waals surface area contributed by atoms with Gasteiger partial charge in [-0.05, 0) is 30.5 Å². The van der Waals surface area contributed by atoms with Gasteiger partial charge in [0.25, 0.3) is 0 Å². The van der Waals surface area contributed by atoms with Crippen LogP contribution in [0.2, 0.25) is 0 Å². The zero-order valence-corrected chi connectivity index (χ0v) is 11.3. The Morgan fingerprint density at radius 3 is 3.10 bits per heavy atom. The maximum Gasteiger partial charge on any atom is 0.226 e. The van der Waals surface area contributed by atoms with Crippen molar-refractivity contribution >= 4 is 11.7 Å². The van der Waals surface area contributed by atoms with E-state index in [-0.39, 0.29) is 17.6 Å². The van der Waals surface area contributed by atoms with E-state index < -0.39 is 0 Å². The molecular formula is C15H14N4O2. The number of benzene rings is 1. The molecule has 4 rings (SSSR count). The maximum absolute atomic E-state index is 12.4. The number of anilines is 1. The summed E-state index contributed by atoms with van der Waals surface area (Å²) in [5.41, 5.74) is 2.51. The number of hydrogen-bond donors (Lipinski definition) is 2. The van der Waals surface area contributed by atoms with Crippen LogP contribution in [0.5, 0.6) is 5.75 Å². The number of carbonyl (C=O) groups excluding carboxylic acids is 1. The largest absolute Gasteiger partial charge is 0.508 e. The van der Waals surface area contributed by atoms with Crippen LogP contribution >= 0.6 is 0 Å². The minimum atomic E-state index is -0.321. The summed E-state index contributed by atoms with van der Waals surface area (Å²) >= 11 is 0. The van der Waals surface area contributed by atoms with Crippen molar-refractivity contribution < 1.29 is 9.90 Å². The summed E-state index contributed by atoms with van der Waals surface area (Å²) in [6, 6.07) is 6.64. The second kappa shape index (κ2) is 4.44. The monoisotopic (exact) mass is 282 g/mol. The van der Waals surface area contributed by atoms with Crippen LogP contribution in [0, 0.1) is 0 Å². The van der Waals surface area contributed by atoms with E-state index in [0.29, 0.717) is 12.4 Å². The predicted octanol–water partition coefficient (Wildman–Crippen LogP) is 2.01. The maximum atomic E-state index is 12.4. The molecule has 1 aliphatic heterocycles. The van der Waals surface area contributed by atoms with E-state index in [1.54, 1.807) is 22.9 Å². The first-order chi connectivity index (χ1) is 10.2. The van der Waals surface area contributed by atoms with E-state index in [0.717, 1.165) is 29.7 Å². The lowest BCUT2D eigenvalue weighted by molar-refractivity contribution is -0.116. The fourth-order valence-corrected chi connectivity index (χ4v) is 3.10. The Morgan fingerprint density at radius 1 is 1.33 bits per heavy atom. The quantitative estimate of drug-likeness (QED) is 0.836. The summed E-state index contributed by atoms with van der Waals surface area (Å²) in [5, 5.41) is 17.2. The smallest absolute Gasteiger partial charge is 0.226 e. The molecule has 0 radical (unpaired) electrons. The minimum Gasteiger partial charge on any atom is -0.508 e. The third-order valence-corrected chi connectivity index (χ3v) is 4.00. The Hall–Kier alpha value is -2.63. The van der Waals surface area contributed by atoms with Crippen LogP contribution in [0.15, 0.2) is 41.9 Å². The number of ketones is 1. The lowest BCUT2D eigenvalue weighted by atomic mass is 9.85. The highest BCUT2D eigenvalue weighted by Gasteiger charge is 2.35. The van der Waals surface area contributed by atoms with Crippen LogP contribution in [0.1, 0.15) is 30.9 Å². The summed E-state index contributed by atoms with van der Waals surface area (Å²) < 4.78 is 1.71. The van der Waals surface area contributed by atoms with Gasteiger partial charge in [0.2, 0.25) is 5.95 Å². The van der Waals surface area contributed by atoms with Gasteiger partial charge in [-0.1, -0.05) is 12.1 Å². The Kier molecular flexibility index (Phi) is 2.57. The molecule has 1 aromatic heterocycles. The predicted molar refractivity (Wildman–Crippen MR) is 75.8 cm³/mol. The molecule has 2 aliphatic rings. The molecule has 0 saturated heterocycles. The van der Waals surface area contributed by atoms with Crippen molar-refractivity contribution in [3.63, 3.8) is 0 Å². The molecule has 2 heterocycles. The number of aromatic nitrogens is 3. The summed E-state index contributed by atoms with van der Waals surface area (Å²) in [4.78, 5) is 16.6. The van der Waals surface area contributed by atoms with Gasteiger partial charge in [0, 0.05) is 17.7 Å². The minimum absolute atomic E-state index is 0.137. The molecule has 0 saturated carbocycles. The first-order valence-electron chi connectivity index (χ1n) is 6.96. The molecule has 0 amide bonds. The molecule has 6 heteroatoms. The van der Waals surface area contributed by atoms with Crippen molar-refractivity contribution in [2.45, 2.75) is 25.3 Å². The van der Waals surface area contributed by atoms with Gasteiger partial charge < -0.3 is 10.4 Å². The number of nitrogens with zero attached hydrogens (tertiary/aromatic N) is 3. The zero-order valence-electron chi connectivity index (χ0n) is 11.3. The Morgan fingerprint density at radius 2 is 2.24 bits per heavy atom. The number of phenols is 1. The average Bonchev–Trinajstić information content (AvgIpc) is 2.93. The van der Waals surface area contributed by atoms with Gasteiger partial charge in [0.05, 0.1) is 0 Å². The van der Waals surface area contributed by atoms with Crippen molar-refractivity contribution in [3.8, 4) is 5.75 Å². The molecular weight excluding hydrogens is 268 g/mol. The van der Waals surface area contributed by atoms with Crippen LogP contribution in [0.3, 0.4) is 0 Å². The molecule has 21 heavy (non-hydrogen) atoms. The first-order valence-corrected chi connectivity index (χ1v) is 6.96. The molecule has 0 bridgehead atoms. The number of fused-ring (bicyclic) bond motifs is 1. The zero-order chi connectivity index (χ0) is 14.4. The number of Topliss-reactive ketones (excluding diaryl/α,β-unsaturated/α-hetero) is 1. The third kappa shape index (κ3) is 1.83. The van der Waals surface area contributed by atoms with Crippen molar-refractivity contribution in [1.29, 1.82) is 0 Å². The molecule has 1 aromatic carbocycles. The van der Waals surface area contributed by atoms with Gasteiger partial charge in [-0.25, -0.2) is 4.68 Å². The van der Waals surface area contributed by atoms with Gasteiger partial charge in [-0.15, -0.1) is 0 Å². The number of rotatable bonds is 1. The Labute approximate surface area is 121 Å². The fraction of sp³-hybridized carbons (Fsp3) is 0.267.